The van der Waals surface area contributed by atoms with Crippen LogP contribution in [0.1, 0.15) is 31.2 Å². The molecule has 19 heavy (non-hydrogen) atoms. The van der Waals surface area contributed by atoms with Crippen LogP contribution < -0.4 is 4.90 Å². The molecule has 3 rings (SSSR count). The molecule has 0 unspecified atom stereocenters. The van der Waals surface area contributed by atoms with E-state index < -0.39 is 0 Å². The van der Waals surface area contributed by atoms with Gasteiger partial charge in [0.25, 0.3) is 0 Å². The molecule has 0 radical (unpaired) electrons. The van der Waals surface area contributed by atoms with Crippen molar-refractivity contribution in [2.75, 3.05) is 31.1 Å². The number of halogens is 1. The van der Waals surface area contributed by atoms with E-state index in [0.717, 1.165) is 6.04 Å². The lowest BCUT2D eigenvalue weighted by atomic mass is 10.0. The fourth-order valence-corrected chi connectivity index (χ4v) is 3.87. The lowest BCUT2D eigenvalue weighted by molar-refractivity contribution is 0.208. The summed E-state index contributed by atoms with van der Waals surface area (Å²) in [6.07, 6.45) is 5.50. The minimum Gasteiger partial charge on any atom is -0.371 e. The second-order valence-electron chi connectivity index (χ2n) is 5.89. The van der Waals surface area contributed by atoms with Crippen molar-refractivity contribution in [2.24, 2.45) is 0 Å². The van der Waals surface area contributed by atoms with Crippen LogP contribution in [0.15, 0.2) is 18.2 Å². The van der Waals surface area contributed by atoms with Crippen molar-refractivity contribution in [2.45, 2.75) is 38.6 Å². The number of benzene rings is 1. The molecule has 2 fully saturated rings. The molecule has 2 aliphatic heterocycles. The number of likely N-dealkylation sites (tertiary alicyclic amines) is 1. The van der Waals surface area contributed by atoms with E-state index in [9.17, 15) is 0 Å². The molecule has 2 aliphatic rings. The molecule has 0 aromatic heterocycles. The molecule has 1 aromatic carbocycles. The van der Waals surface area contributed by atoms with Gasteiger partial charge < -0.3 is 9.80 Å². The molecule has 0 amide bonds. The summed E-state index contributed by atoms with van der Waals surface area (Å²) in [5.41, 5.74) is 2.80. The van der Waals surface area contributed by atoms with Crippen molar-refractivity contribution >= 4 is 28.3 Å². The van der Waals surface area contributed by atoms with Crippen molar-refractivity contribution in [3.05, 3.63) is 27.3 Å². The van der Waals surface area contributed by atoms with Crippen LogP contribution >= 0.6 is 22.6 Å². The minimum absolute atomic E-state index is 0.850. The largest absolute Gasteiger partial charge is 0.371 e. The van der Waals surface area contributed by atoms with E-state index in [1.165, 1.54) is 66.7 Å². The van der Waals surface area contributed by atoms with E-state index >= 15 is 0 Å². The molecule has 0 spiro atoms. The summed E-state index contributed by atoms with van der Waals surface area (Å²) in [5, 5.41) is 0. The van der Waals surface area contributed by atoms with Gasteiger partial charge in [-0.1, -0.05) is 6.07 Å². The molecule has 2 heterocycles. The lowest BCUT2D eigenvalue weighted by Crippen LogP contribution is -2.43. The molecule has 0 aliphatic carbocycles. The highest BCUT2D eigenvalue weighted by molar-refractivity contribution is 14.1. The summed E-state index contributed by atoms with van der Waals surface area (Å²) in [4.78, 5) is 5.28. The third kappa shape index (κ3) is 3.07. The zero-order chi connectivity index (χ0) is 13.2. The van der Waals surface area contributed by atoms with Gasteiger partial charge in [0.2, 0.25) is 0 Å². The average molecular weight is 370 g/mol. The quantitative estimate of drug-likeness (QED) is 0.734. The Balaban J connectivity index is 1.61. The van der Waals surface area contributed by atoms with Crippen LogP contribution in [0, 0.1) is 10.5 Å². The first-order valence-corrected chi connectivity index (χ1v) is 8.57. The molecule has 2 saturated heterocycles. The Morgan fingerprint density at radius 3 is 2.37 bits per heavy atom. The number of rotatable bonds is 2. The SMILES string of the molecule is Cc1ccc(N2CCC(N3CCCC3)CC2)cc1I. The number of hydrogen-bond acceptors (Lipinski definition) is 2. The van der Waals surface area contributed by atoms with Crippen LogP contribution in [0.3, 0.4) is 0 Å². The Hall–Kier alpha value is -0.290. The summed E-state index contributed by atoms with van der Waals surface area (Å²) in [6, 6.07) is 7.73. The molecule has 0 saturated carbocycles. The highest BCUT2D eigenvalue weighted by Gasteiger charge is 2.26. The van der Waals surface area contributed by atoms with Crippen molar-refractivity contribution in [1.29, 1.82) is 0 Å². The molecular formula is C16H23IN2. The Morgan fingerprint density at radius 2 is 1.74 bits per heavy atom. The fourth-order valence-electron chi connectivity index (χ4n) is 3.37. The van der Waals surface area contributed by atoms with Gasteiger partial charge in [0.15, 0.2) is 0 Å². The third-order valence-electron chi connectivity index (χ3n) is 4.64. The van der Waals surface area contributed by atoms with E-state index in [1.54, 1.807) is 0 Å². The molecule has 2 nitrogen and oxygen atoms in total. The van der Waals surface area contributed by atoms with Gasteiger partial charge in [-0.3, -0.25) is 0 Å². The van der Waals surface area contributed by atoms with Crippen LogP contribution in [0.5, 0.6) is 0 Å². The van der Waals surface area contributed by atoms with Crippen molar-refractivity contribution in [1.82, 2.24) is 4.90 Å². The summed E-state index contributed by atoms with van der Waals surface area (Å²) >= 11 is 2.45. The molecule has 0 N–H and O–H groups in total. The van der Waals surface area contributed by atoms with Crippen LogP contribution in [-0.4, -0.2) is 37.1 Å². The molecule has 104 valence electrons. The van der Waals surface area contributed by atoms with E-state index in [-0.39, 0.29) is 0 Å². The number of hydrogen-bond donors (Lipinski definition) is 0. The van der Waals surface area contributed by atoms with Gasteiger partial charge in [0.05, 0.1) is 0 Å². The maximum atomic E-state index is 2.72. The molecular weight excluding hydrogens is 347 g/mol. The van der Waals surface area contributed by atoms with Crippen LogP contribution in [0.2, 0.25) is 0 Å². The summed E-state index contributed by atoms with van der Waals surface area (Å²) in [7, 11) is 0. The smallest absolute Gasteiger partial charge is 0.0377 e. The minimum atomic E-state index is 0.850. The number of nitrogens with zero attached hydrogens (tertiary/aromatic N) is 2. The van der Waals surface area contributed by atoms with E-state index in [1.807, 2.05) is 0 Å². The highest BCUT2D eigenvalue weighted by atomic mass is 127. The Kier molecular flexibility index (Phi) is 4.32. The van der Waals surface area contributed by atoms with Gasteiger partial charge >= 0.3 is 0 Å². The normalized spacial score (nSPS) is 22.1. The van der Waals surface area contributed by atoms with Gasteiger partial charge in [0, 0.05) is 28.4 Å². The third-order valence-corrected chi connectivity index (χ3v) is 5.80. The van der Waals surface area contributed by atoms with Crippen LogP contribution in [0.4, 0.5) is 5.69 Å². The predicted octanol–water partition coefficient (Wildman–Crippen LogP) is 3.66. The van der Waals surface area contributed by atoms with Gasteiger partial charge in [-0.25, -0.2) is 0 Å². The highest BCUT2D eigenvalue weighted by Crippen LogP contribution is 2.26. The summed E-state index contributed by atoms with van der Waals surface area (Å²) in [5.74, 6) is 0. The molecule has 1 aromatic rings. The summed E-state index contributed by atoms with van der Waals surface area (Å²) < 4.78 is 1.39. The predicted molar refractivity (Wildman–Crippen MR) is 89.9 cm³/mol. The Bertz CT molecular complexity index is 432. The van der Waals surface area contributed by atoms with Gasteiger partial charge in [-0.05, 0) is 86.0 Å². The number of aryl methyl sites for hydroxylation is 1. The first-order valence-electron chi connectivity index (χ1n) is 7.49. The zero-order valence-electron chi connectivity index (χ0n) is 11.7. The van der Waals surface area contributed by atoms with Gasteiger partial charge in [-0.15, -0.1) is 0 Å². The maximum absolute atomic E-state index is 2.72. The zero-order valence-corrected chi connectivity index (χ0v) is 13.9. The van der Waals surface area contributed by atoms with E-state index in [4.69, 9.17) is 0 Å². The lowest BCUT2D eigenvalue weighted by Gasteiger charge is -2.38. The second-order valence-corrected chi connectivity index (χ2v) is 7.06. The second kappa shape index (κ2) is 6.00. The van der Waals surface area contributed by atoms with Crippen LogP contribution in [0.25, 0.3) is 0 Å². The van der Waals surface area contributed by atoms with Gasteiger partial charge in [0.1, 0.15) is 0 Å². The topological polar surface area (TPSA) is 6.48 Å². The Morgan fingerprint density at radius 1 is 1.05 bits per heavy atom. The van der Waals surface area contributed by atoms with Crippen LogP contribution in [-0.2, 0) is 0 Å². The first kappa shape index (κ1) is 13.7. The van der Waals surface area contributed by atoms with E-state index in [2.05, 4.69) is 57.5 Å². The number of piperidine rings is 1. The standard InChI is InChI=1S/C16H23IN2/c1-13-4-5-15(12-16(13)17)19-10-6-14(7-11-19)18-8-2-3-9-18/h4-5,12,14H,2-3,6-11H2,1H3. The summed E-state index contributed by atoms with van der Waals surface area (Å²) in [6.45, 7) is 7.31. The first-order chi connectivity index (χ1) is 9.24. The van der Waals surface area contributed by atoms with Crippen molar-refractivity contribution in [3.63, 3.8) is 0 Å². The molecule has 0 atom stereocenters. The molecule has 3 heteroatoms. The fraction of sp³-hybridized carbons (Fsp3) is 0.625. The molecule has 0 bridgehead atoms. The monoisotopic (exact) mass is 370 g/mol. The van der Waals surface area contributed by atoms with E-state index in [0.29, 0.717) is 0 Å². The average Bonchev–Trinajstić information content (AvgIpc) is 2.96. The maximum Gasteiger partial charge on any atom is 0.0377 e. The van der Waals surface area contributed by atoms with Crippen molar-refractivity contribution in [3.8, 4) is 0 Å². The number of anilines is 1. The van der Waals surface area contributed by atoms with Gasteiger partial charge in [-0.2, -0.15) is 0 Å². The van der Waals surface area contributed by atoms with Crippen molar-refractivity contribution < 1.29 is 0 Å². The Labute approximate surface area is 130 Å².